The summed E-state index contributed by atoms with van der Waals surface area (Å²) in [5.74, 6) is 0.552. The van der Waals surface area contributed by atoms with Gasteiger partial charge in [0.2, 0.25) is 5.56 Å². The molecule has 0 atom stereocenters. The first-order valence-corrected chi connectivity index (χ1v) is 8.95. The van der Waals surface area contributed by atoms with Gasteiger partial charge in [-0.15, -0.1) is 24.0 Å². The second-order valence-electron chi connectivity index (χ2n) is 6.19. The number of halogens is 2. The van der Waals surface area contributed by atoms with Crippen molar-refractivity contribution in [3.63, 3.8) is 0 Å². The predicted molar refractivity (Wildman–Crippen MR) is 120 cm³/mol. The number of nitrogens with one attached hydrogen (secondary N) is 2. The molecular weight excluding hydrogens is 458 g/mol. The average molecular weight is 486 g/mol. The highest BCUT2D eigenvalue weighted by Crippen LogP contribution is 2.10. The van der Waals surface area contributed by atoms with E-state index in [0.717, 1.165) is 56.0 Å². The number of guanidine groups is 1. The van der Waals surface area contributed by atoms with E-state index in [0.29, 0.717) is 0 Å². The number of aliphatic imine (C=N–C) groups is 1. The van der Waals surface area contributed by atoms with Crippen molar-refractivity contribution in [3.05, 3.63) is 69.9 Å². The molecule has 148 valence electrons. The summed E-state index contributed by atoms with van der Waals surface area (Å²) < 4.78 is 14.8. The van der Waals surface area contributed by atoms with Crippen LogP contribution in [0.25, 0.3) is 0 Å². The number of hydrogen-bond donors (Lipinski definition) is 2. The van der Waals surface area contributed by atoms with Crippen molar-refractivity contribution in [2.24, 2.45) is 4.99 Å². The van der Waals surface area contributed by atoms with Crippen LogP contribution in [-0.4, -0.2) is 30.7 Å². The molecule has 1 aromatic carbocycles. The zero-order valence-electron chi connectivity index (χ0n) is 15.9. The Balaban J connectivity index is 0.00000364. The minimum Gasteiger partial charge on any atom is -0.356 e. The van der Waals surface area contributed by atoms with Gasteiger partial charge < -0.3 is 15.2 Å². The molecule has 0 saturated heterocycles. The molecule has 0 radical (unpaired) electrons. The molecule has 0 unspecified atom stereocenters. The van der Waals surface area contributed by atoms with Gasteiger partial charge in [-0.05, 0) is 55.5 Å². The van der Waals surface area contributed by atoms with Gasteiger partial charge in [-0.3, -0.25) is 9.79 Å². The molecule has 7 heteroatoms. The van der Waals surface area contributed by atoms with Crippen LogP contribution in [0.15, 0.2) is 52.4 Å². The lowest BCUT2D eigenvalue weighted by Crippen LogP contribution is -2.38. The fourth-order valence-corrected chi connectivity index (χ4v) is 2.74. The highest BCUT2D eigenvalue weighted by Gasteiger charge is 2.02. The predicted octanol–water partition coefficient (Wildman–Crippen LogP) is 3.10. The third-order valence-corrected chi connectivity index (χ3v) is 4.23. The molecule has 2 aromatic rings. The van der Waals surface area contributed by atoms with Gasteiger partial charge in [-0.2, -0.15) is 0 Å². The molecule has 0 fully saturated rings. The number of rotatable bonds is 8. The van der Waals surface area contributed by atoms with E-state index in [-0.39, 0.29) is 35.4 Å². The summed E-state index contributed by atoms with van der Waals surface area (Å²) in [7, 11) is 1.74. The summed E-state index contributed by atoms with van der Waals surface area (Å²) in [4.78, 5) is 15.8. The summed E-state index contributed by atoms with van der Waals surface area (Å²) in [6.45, 7) is 4.16. The van der Waals surface area contributed by atoms with Crippen LogP contribution < -0.4 is 16.2 Å². The van der Waals surface area contributed by atoms with E-state index in [9.17, 15) is 9.18 Å². The molecule has 0 aliphatic carbocycles. The Morgan fingerprint density at radius 1 is 1.15 bits per heavy atom. The summed E-state index contributed by atoms with van der Waals surface area (Å²) in [6.07, 6.45) is 4.49. The maximum atomic E-state index is 13.1. The van der Waals surface area contributed by atoms with Gasteiger partial charge in [-0.1, -0.05) is 12.1 Å². The molecule has 2 N–H and O–H groups in total. The number of pyridine rings is 1. The van der Waals surface area contributed by atoms with E-state index in [1.165, 1.54) is 6.07 Å². The van der Waals surface area contributed by atoms with Crippen LogP contribution in [0.3, 0.4) is 0 Å². The topological polar surface area (TPSA) is 58.4 Å². The molecule has 5 nitrogen and oxygen atoms in total. The maximum Gasteiger partial charge on any atom is 0.250 e. The van der Waals surface area contributed by atoms with E-state index in [1.807, 2.05) is 25.3 Å². The lowest BCUT2D eigenvalue weighted by atomic mass is 10.1. The van der Waals surface area contributed by atoms with Crippen molar-refractivity contribution in [3.8, 4) is 0 Å². The highest BCUT2D eigenvalue weighted by molar-refractivity contribution is 14.0. The van der Waals surface area contributed by atoms with E-state index in [1.54, 1.807) is 29.8 Å². The molecule has 1 aromatic heterocycles. The molecule has 0 aliphatic heterocycles. The standard InChI is InChI=1S/C20H27FN4O.HI/c1-16-15-18(21)9-8-17(16)10-12-24-20(22-2)23-11-4-6-14-25-13-5-3-7-19(25)26;/h3,5,7-9,13,15H,4,6,10-12,14H2,1-2H3,(H2,22,23,24);1H. The van der Waals surface area contributed by atoms with E-state index in [2.05, 4.69) is 15.6 Å². The van der Waals surface area contributed by atoms with Crippen LogP contribution in [0.4, 0.5) is 4.39 Å². The number of unbranched alkanes of at least 4 members (excludes halogenated alkanes) is 1. The quantitative estimate of drug-likeness (QED) is 0.261. The number of benzene rings is 1. The molecule has 0 bridgehead atoms. The Hall–Kier alpha value is -1.90. The monoisotopic (exact) mass is 486 g/mol. The van der Waals surface area contributed by atoms with Gasteiger partial charge in [0.15, 0.2) is 5.96 Å². The van der Waals surface area contributed by atoms with Gasteiger partial charge >= 0.3 is 0 Å². The van der Waals surface area contributed by atoms with Gasteiger partial charge in [0.1, 0.15) is 5.82 Å². The Bertz CT molecular complexity index is 792. The van der Waals surface area contributed by atoms with Gasteiger partial charge in [0.25, 0.3) is 0 Å². The third-order valence-electron chi connectivity index (χ3n) is 4.23. The van der Waals surface area contributed by atoms with Gasteiger partial charge in [-0.25, -0.2) is 4.39 Å². The molecule has 1 heterocycles. The first kappa shape index (κ1) is 23.1. The number of nitrogens with zero attached hydrogens (tertiary/aromatic N) is 2. The first-order valence-electron chi connectivity index (χ1n) is 8.95. The lowest BCUT2D eigenvalue weighted by molar-refractivity contribution is 0.585. The van der Waals surface area contributed by atoms with Crippen LogP contribution in [0.1, 0.15) is 24.0 Å². The second kappa shape index (κ2) is 12.5. The summed E-state index contributed by atoms with van der Waals surface area (Å²) >= 11 is 0. The molecule has 0 spiro atoms. The zero-order chi connectivity index (χ0) is 18.8. The minimum absolute atomic E-state index is 0. The molecule has 0 aliphatic rings. The highest BCUT2D eigenvalue weighted by atomic mass is 127. The molecule has 27 heavy (non-hydrogen) atoms. The molecule has 0 saturated carbocycles. The summed E-state index contributed by atoms with van der Waals surface area (Å²) in [6, 6.07) is 10.1. The minimum atomic E-state index is -0.200. The fraction of sp³-hybridized carbons (Fsp3) is 0.400. The van der Waals surface area contributed by atoms with Crippen LogP contribution in [0.2, 0.25) is 0 Å². The average Bonchev–Trinajstić information content (AvgIpc) is 2.63. The van der Waals surface area contributed by atoms with Crippen molar-refractivity contribution < 1.29 is 4.39 Å². The van der Waals surface area contributed by atoms with E-state index < -0.39 is 0 Å². The van der Waals surface area contributed by atoms with Crippen LogP contribution in [0, 0.1) is 12.7 Å². The molecule has 0 amide bonds. The fourth-order valence-electron chi connectivity index (χ4n) is 2.74. The van der Waals surface area contributed by atoms with Crippen LogP contribution >= 0.6 is 24.0 Å². The Morgan fingerprint density at radius 2 is 1.93 bits per heavy atom. The van der Waals surface area contributed by atoms with Gasteiger partial charge in [0, 0.05) is 38.9 Å². The van der Waals surface area contributed by atoms with E-state index >= 15 is 0 Å². The van der Waals surface area contributed by atoms with Crippen molar-refractivity contribution in [1.82, 2.24) is 15.2 Å². The molecule has 2 rings (SSSR count). The largest absolute Gasteiger partial charge is 0.356 e. The Kier molecular flexibility index (Phi) is 10.7. The third kappa shape index (κ3) is 8.11. The smallest absolute Gasteiger partial charge is 0.250 e. The first-order chi connectivity index (χ1) is 12.6. The molecular formula is C20H28FIN4O. The Labute approximate surface area is 177 Å². The maximum absolute atomic E-state index is 13.1. The van der Waals surface area contributed by atoms with E-state index in [4.69, 9.17) is 0 Å². The summed E-state index contributed by atoms with van der Waals surface area (Å²) in [5, 5.41) is 6.54. The lowest BCUT2D eigenvalue weighted by Gasteiger charge is -2.13. The summed E-state index contributed by atoms with van der Waals surface area (Å²) in [5.41, 5.74) is 2.13. The normalized spacial score (nSPS) is 11.0. The zero-order valence-corrected chi connectivity index (χ0v) is 18.2. The number of hydrogen-bond acceptors (Lipinski definition) is 2. The van der Waals surface area contributed by atoms with Crippen LogP contribution in [0.5, 0.6) is 0 Å². The Morgan fingerprint density at radius 3 is 2.63 bits per heavy atom. The van der Waals surface area contributed by atoms with Crippen molar-refractivity contribution >= 4 is 29.9 Å². The number of aryl methyl sites for hydroxylation is 2. The second-order valence-corrected chi connectivity index (χ2v) is 6.19. The SMILES string of the molecule is CN=C(NCCCCn1ccccc1=O)NCCc1ccc(F)cc1C.I. The van der Waals surface area contributed by atoms with Crippen molar-refractivity contribution in [2.45, 2.75) is 32.7 Å². The van der Waals surface area contributed by atoms with Crippen molar-refractivity contribution in [1.29, 1.82) is 0 Å². The van der Waals surface area contributed by atoms with Crippen molar-refractivity contribution in [2.75, 3.05) is 20.1 Å². The van der Waals surface area contributed by atoms with Gasteiger partial charge in [0.05, 0.1) is 0 Å². The van der Waals surface area contributed by atoms with Crippen LogP contribution in [-0.2, 0) is 13.0 Å². The number of aromatic nitrogens is 1.